The second-order valence-electron chi connectivity index (χ2n) is 6.97. The normalized spacial score (nSPS) is 11.3. The lowest BCUT2D eigenvalue weighted by Crippen LogP contribution is -2.14. The first-order chi connectivity index (χ1) is 11.4. The molecule has 3 rings (SSSR count). The van der Waals surface area contributed by atoms with Crippen molar-refractivity contribution in [1.29, 1.82) is 0 Å². The minimum atomic E-state index is 0.0634. The van der Waals surface area contributed by atoms with E-state index in [2.05, 4.69) is 66.4 Å². The van der Waals surface area contributed by atoms with Crippen molar-refractivity contribution in [3.63, 3.8) is 0 Å². The fraction of sp³-hybridized carbons (Fsp3) is 0.238. The maximum atomic E-state index is 4.57. The number of benzene rings is 2. The van der Waals surface area contributed by atoms with Gasteiger partial charge in [0.1, 0.15) is 11.6 Å². The molecule has 1 N–H and O–H groups in total. The van der Waals surface area contributed by atoms with E-state index in [0.717, 1.165) is 28.6 Å². The van der Waals surface area contributed by atoms with Crippen molar-refractivity contribution in [2.24, 2.45) is 0 Å². The molecule has 3 heteroatoms. The molecule has 1 heterocycles. The first-order valence-corrected chi connectivity index (χ1v) is 8.21. The quantitative estimate of drug-likeness (QED) is 0.693. The molecule has 3 aromatic rings. The molecule has 122 valence electrons. The van der Waals surface area contributed by atoms with Crippen molar-refractivity contribution in [2.45, 2.75) is 33.1 Å². The molecule has 0 saturated heterocycles. The number of aryl methyl sites for hydroxylation is 1. The number of hydrogen-bond acceptors (Lipinski definition) is 3. The number of hydrogen-bond donors (Lipinski definition) is 1. The van der Waals surface area contributed by atoms with Crippen molar-refractivity contribution in [3.05, 3.63) is 72.1 Å². The molecule has 0 atom stereocenters. The van der Waals surface area contributed by atoms with Crippen LogP contribution in [0.25, 0.3) is 11.3 Å². The first-order valence-electron chi connectivity index (χ1n) is 8.21. The predicted molar refractivity (Wildman–Crippen MR) is 101 cm³/mol. The van der Waals surface area contributed by atoms with Gasteiger partial charge in [0, 0.05) is 17.3 Å². The smallest absolute Gasteiger partial charge is 0.134 e. The van der Waals surface area contributed by atoms with Gasteiger partial charge in [0.2, 0.25) is 0 Å². The van der Waals surface area contributed by atoms with Gasteiger partial charge in [-0.15, -0.1) is 0 Å². The minimum absolute atomic E-state index is 0.0634. The van der Waals surface area contributed by atoms with Crippen LogP contribution in [0.15, 0.2) is 60.7 Å². The van der Waals surface area contributed by atoms with Gasteiger partial charge in [-0.2, -0.15) is 0 Å². The van der Waals surface area contributed by atoms with Crippen LogP contribution in [0.3, 0.4) is 0 Å². The third-order valence-electron chi connectivity index (χ3n) is 3.91. The van der Waals surface area contributed by atoms with Crippen LogP contribution >= 0.6 is 0 Å². The second-order valence-corrected chi connectivity index (χ2v) is 6.97. The van der Waals surface area contributed by atoms with Crippen molar-refractivity contribution in [2.75, 3.05) is 5.32 Å². The van der Waals surface area contributed by atoms with Crippen molar-refractivity contribution in [1.82, 2.24) is 9.97 Å². The van der Waals surface area contributed by atoms with Gasteiger partial charge in [-0.3, -0.25) is 0 Å². The summed E-state index contributed by atoms with van der Waals surface area (Å²) in [6, 6.07) is 20.6. The maximum Gasteiger partial charge on any atom is 0.134 e. The van der Waals surface area contributed by atoms with Crippen LogP contribution in [0.5, 0.6) is 0 Å². The van der Waals surface area contributed by atoms with Crippen LogP contribution in [0.2, 0.25) is 0 Å². The second kappa shape index (κ2) is 6.44. The maximum absolute atomic E-state index is 4.57. The molecule has 0 amide bonds. The van der Waals surface area contributed by atoms with Crippen LogP contribution in [-0.4, -0.2) is 9.97 Å². The fourth-order valence-corrected chi connectivity index (χ4v) is 2.77. The summed E-state index contributed by atoms with van der Waals surface area (Å²) < 4.78 is 0. The largest absolute Gasteiger partial charge is 0.340 e. The zero-order valence-corrected chi connectivity index (χ0v) is 14.7. The van der Waals surface area contributed by atoms with E-state index < -0.39 is 0 Å². The van der Waals surface area contributed by atoms with Gasteiger partial charge in [-0.05, 0) is 24.0 Å². The average Bonchev–Trinajstić information content (AvgIpc) is 2.55. The molecule has 24 heavy (non-hydrogen) atoms. The van der Waals surface area contributed by atoms with E-state index in [1.165, 1.54) is 5.56 Å². The molecule has 0 aliphatic heterocycles. The molecule has 0 radical (unpaired) electrons. The van der Waals surface area contributed by atoms with E-state index in [1.807, 2.05) is 37.3 Å². The molecule has 0 fully saturated rings. The van der Waals surface area contributed by atoms with E-state index in [0.29, 0.717) is 0 Å². The fourth-order valence-electron chi connectivity index (χ4n) is 2.77. The van der Waals surface area contributed by atoms with Crippen LogP contribution in [0.1, 0.15) is 32.2 Å². The number of nitrogens with one attached hydrogen (secondary N) is 1. The summed E-state index contributed by atoms with van der Waals surface area (Å²) in [6.07, 6.45) is 0. The lowest BCUT2D eigenvalue weighted by molar-refractivity contribution is 0.592. The van der Waals surface area contributed by atoms with Crippen molar-refractivity contribution >= 4 is 11.5 Å². The number of aromatic nitrogens is 2. The summed E-state index contributed by atoms with van der Waals surface area (Å²) in [5.74, 6) is 1.57. The Balaban J connectivity index is 1.99. The first kappa shape index (κ1) is 16.2. The SMILES string of the molecule is Cc1nc(Nc2ccccc2C(C)(C)C)cc(-c2ccccc2)n1. The Labute approximate surface area is 143 Å². The number of nitrogens with zero attached hydrogens (tertiary/aromatic N) is 2. The summed E-state index contributed by atoms with van der Waals surface area (Å²) in [7, 11) is 0. The monoisotopic (exact) mass is 317 g/mol. The Bertz CT molecular complexity index is 833. The standard InChI is InChI=1S/C21H23N3/c1-15-22-19(16-10-6-5-7-11-16)14-20(23-15)24-18-13-9-8-12-17(18)21(2,3)4/h5-14H,1-4H3,(H,22,23,24). The van der Waals surface area contributed by atoms with Gasteiger partial charge < -0.3 is 5.32 Å². The Morgan fingerprint density at radius 1 is 0.833 bits per heavy atom. The molecular formula is C21H23N3. The van der Waals surface area contributed by atoms with E-state index in [9.17, 15) is 0 Å². The molecule has 2 aromatic carbocycles. The van der Waals surface area contributed by atoms with E-state index in [1.54, 1.807) is 0 Å². The summed E-state index contributed by atoms with van der Waals surface area (Å²) >= 11 is 0. The Hall–Kier alpha value is -2.68. The molecule has 0 aliphatic rings. The van der Waals surface area contributed by atoms with Crippen LogP contribution < -0.4 is 5.32 Å². The number of para-hydroxylation sites is 1. The molecule has 0 unspecified atom stereocenters. The van der Waals surface area contributed by atoms with E-state index >= 15 is 0 Å². The summed E-state index contributed by atoms with van der Waals surface area (Å²) in [6.45, 7) is 8.57. The summed E-state index contributed by atoms with van der Waals surface area (Å²) in [5.41, 5.74) is 4.44. The lowest BCUT2D eigenvalue weighted by Gasteiger charge is -2.23. The van der Waals surface area contributed by atoms with Gasteiger partial charge in [0.05, 0.1) is 5.69 Å². The molecule has 0 spiro atoms. The minimum Gasteiger partial charge on any atom is -0.340 e. The third kappa shape index (κ3) is 3.62. The summed E-state index contributed by atoms with van der Waals surface area (Å²) in [4.78, 5) is 9.12. The molecule has 0 aliphatic carbocycles. The molecule has 0 saturated carbocycles. The molecular weight excluding hydrogens is 294 g/mol. The highest BCUT2D eigenvalue weighted by Gasteiger charge is 2.18. The Morgan fingerprint density at radius 3 is 2.21 bits per heavy atom. The van der Waals surface area contributed by atoms with Gasteiger partial charge in [0.25, 0.3) is 0 Å². The number of anilines is 2. The highest BCUT2D eigenvalue weighted by atomic mass is 15.0. The van der Waals surface area contributed by atoms with Gasteiger partial charge in [-0.1, -0.05) is 69.3 Å². The van der Waals surface area contributed by atoms with Crippen LogP contribution in [0.4, 0.5) is 11.5 Å². The lowest BCUT2D eigenvalue weighted by atomic mass is 9.86. The average molecular weight is 317 g/mol. The van der Waals surface area contributed by atoms with Gasteiger partial charge in [0.15, 0.2) is 0 Å². The van der Waals surface area contributed by atoms with Crippen molar-refractivity contribution in [3.8, 4) is 11.3 Å². The highest BCUT2D eigenvalue weighted by molar-refractivity contribution is 5.67. The Kier molecular flexibility index (Phi) is 4.34. The highest BCUT2D eigenvalue weighted by Crippen LogP contribution is 2.31. The molecule has 3 nitrogen and oxygen atoms in total. The molecule has 1 aromatic heterocycles. The van der Waals surface area contributed by atoms with Gasteiger partial charge in [-0.25, -0.2) is 9.97 Å². The predicted octanol–water partition coefficient (Wildman–Crippen LogP) is 5.49. The molecule has 0 bridgehead atoms. The van der Waals surface area contributed by atoms with E-state index in [-0.39, 0.29) is 5.41 Å². The zero-order valence-electron chi connectivity index (χ0n) is 14.7. The third-order valence-corrected chi connectivity index (χ3v) is 3.91. The number of rotatable bonds is 3. The van der Waals surface area contributed by atoms with Crippen LogP contribution in [-0.2, 0) is 5.41 Å². The Morgan fingerprint density at radius 2 is 1.50 bits per heavy atom. The topological polar surface area (TPSA) is 37.8 Å². The zero-order chi connectivity index (χ0) is 17.2. The van der Waals surface area contributed by atoms with E-state index in [4.69, 9.17) is 0 Å². The van der Waals surface area contributed by atoms with Crippen molar-refractivity contribution < 1.29 is 0 Å². The summed E-state index contributed by atoms with van der Waals surface area (Å²) in [5, 5.41) is 3.48. The van der Waals surface area contributed by atoms with Crippen LogP contribution in [0, 0.1) is 6.92 Å². The van der Waals surface area contributed by atoms with Gasteiger partial charge >= 0.3 is 0 Å².